The van der Waals surface area contributed by atoms with Gasteiger partial charge in [-0.3, -0.25) is 9.59 Å². The second-order valence-corrected chi connectivity index (χ2v) is 7.23. The predicted octanol–water partition coefficient (Wildman–Crippen LogP) is 1.99. The first-order valence-electron chi connectivity index (χ1n) is 9.50. The van der Waals surface area contributed by atoms with E-state index in [9.17, 15) is 9.59 Å². The van der Waals surface area contributed by atoms with E-state index < -0.39 is 0 Å². The Labute approximate surface area is 155 Å². The van der Waals surface area contributed by atoms with E-state index in [1.165, 1.54) is 0 Å². The monoisotopic (exact) mass is 359 g/mol. The lowest BCUT2D eigenvalue weighted by Gasteiger charge is -2.36. The average Bonchev–Trinajstić information content (AvgIpc) is 2.84. The molecule has 2 aliphatic rings. The highest BCUT2D eigenvalue weighted by Crippen LogP contribution is 2.24. The summed E-state index contributed by atoms with van der Waals surface area (Å²) in [5, 5.41) is 0. The lowest BCUT2D eigenvalue weighted by atomic mass is 9.97. The molecule has 2 aliphatic heterocycles. The molecule has 0 bridgehead atoms. The molecule has 1 aromatic rings. The number of methoxy groups -OCH3 is 1. The van der Waals surface area contributed by atoms with E-state index in [2.05, 4.69) is 11.0 Å². The number of hydrogen-bond donors (Lipinski definition) is 0. The first kappa shape index (κ1) is 18.5. The molecular weight excluding hydrogens is 330 g/mol. The molecule has 6 nitrogen and oxygen atoms in total. The molecule has 142 valence electrons. The van der Waals surface area contributed by atoms with Crippen LogP contribution in [-0.2, 0) is 9.59 Å². The highest BCUT2D eigenvalue weighted by Gasteiger charge is 2.29. The van der Waals surface area contributed by atoms with E-state index in [-0.39, 0.29) is 17.7 Å². The number of benzene rings is 1. The molecule has 1 unspecified atom stereocenters. The van der Waals surface area contributed by atoms with E-state index >= 15 is 0 Å². The van der Waals surface area contributed by atoms with E-state index in [0.29, 0.717) is 19.5 Å². The molecule has 0 aromatic heterocycles. The summed E-state index contributed by atoms with van der Waals surface area (Å²) in [6.45, 7) is 3.82. The predicted molar refractivity (Wildman–Crippen MR) is 101 cm³/mol. The summed E-state index contributed by atoms with van der Waals surface area (Å²) in [5.74, 6) is 0.943. The van der Waals surface area contributed by atoms with E-state index in [0.717, 1.165) is 50.3 Å². The number of rotatable bonds is 4. The number of carbonyl (C=O) groups is 2. The number of nitrogens with zero attached hydrogens (tertiary/aromatic N) is 3. The third-order valence-corrected chi connectivity index (χ3v) is 5.49. The van der Waals surface area contributed by atoms with Gasteiger partial charge in [-0.05, 0) is 25.0 Å². The topological polar surface area (TPSA) is 53.1 Å². The number of anilines is 1. The van der Waals surface area contributed by atoms with Gasteiger partial charge in [0.15, 0.2) is 0 Å². The SMILES string of the molecule is COc1cccc(N2CCN(C(=O)CC3CCCCN(C)C3=O)CC2)c1. The quantitative estimate of drug-likeness (QED) is 0.825. The van der Waals surface area contributed by atoms with Crippen molar-refractivity contribution >= 4 is 17.5 Å². The summed E-state index contributed by atoms with van der Waals surface area (Å²) < 4.78 is 5.29. The Morgan fingerprint density at radius 2 is 1.92 bits per heavy atom. The Balaban J connectivity index is 1.54. The Bertz CT molecular complexity index is 641. The van der Waals surface area contributed by atoms with Crippen LogP contribution >= 0.6 is 0 Å². The lowest BCUT2D eigenvalue weighted by molar-refractivity contribution is -0.140. The van der Waals surface area contributed by atoms with Crippen LogP contribution in [0.5, 0.6) is 5.75 Å². The maximum absolute atomic E-state index is 12.7. The molecule has 1 aromatic carbocycles. The van der Waals surface area contributed by atoms with Gasteiger partial charge in [0.05, 0.1) is 7.11 Å². The maximum atomic E-state index is 12.7. The number of amides is 2. The molecule has 1 atom stereocenters. The van der Waals surface area contributed by atoms with Crippen LogP contribution in [0.15, 0.2) is 24.3 Å². The Morgan fingerprint density at radius 1 is 1.15 bits per heavy atom. The maximum Gasteiger partial charge on any atom is 0.225 e. The Hall–Kier alpha value is -2.24. The zero-order chi connectivity index (χ0) is 18.5. The zero-order valence-electron chi connectivity index (χ0n) is 15.8. The second-order valence-electron chi connectivity index (χ2n) is 7.23. The molecule has 0 spiro atoms. The standard InChI is InChI=1S/C20H29N3O3/c1-21-9-4-3-6-16(20(21)25)14-19(24)23-12-10-22(11-13-23)17-7-5-8-18(15-17)26-2/h5,7-8,15-16H,3-4,6,9-14H2,1-2H3. The minimum atomic E-state index is -0.147. The normalized spacial score (nSPS) is 21.5. The number of likely N-dealkylation sites (tertiary alicyclic amines) is 1. The van der Waals surface area contributed by atoms with Crippen molar-refractivity contribution in [2.45, 2.75) is 25.7 Å². The summed E-state index contributed by atoms with van der Waals surface area (Å²) in [6, 6.07) is 8.02. The summed E-state index contributed by atoms with van der Waals surface area (Å²) in [4.78, 5) is 31.1. The third kappa shape index (κ3) is 4.29. The van der Waals surface area contributed by atoms with E-state index in [1.807, 2.05) is 30.1 Å². The van der Waals surface area contributed by atoms with Crippen molar-refractivity contribution in [2.75, 3.05) is 51.8 Å². The zero-order valence-corrected chi connectivity index (χ0v) is 15.8. The van der Waals surface area contributed by atoms with Gasteiger partial charge in [0.1, 0.15) is 5.75 Å². The van der Waals surface area contributed by atoms with Gasteiger partial charge in [-0.2, -0.15) is 0 Å². The minimum Gasteiger partial charge on any atom is -0.497 e. The van der Waals surface area contributed by atoms with E-state index in [1.54, 1.807) is 12.0 Å². The minimum absolute atomic E-state index is 0.115. The summed E-state index contributed by atoms with van der Waals surface area (Å²) in [6.07, 6.45) is 3.24. The molecule has 26 heavy (non-hydrogen) atoms. The van der Waals surface area contributed by atoms with Gasteiger partial charge in [0.25, 0.3) is 0 Å². The summed E-state index contributed by atoms with van der Waals surface area (Å²) in [7, 11) is 3.51. The van der Waals surface area contributed by atoms with Crippen molar-refractivity contribution in [1.29, 1.82) is 0 Å². The number of piperazine rings is 1. The van der Waals surface area contributed by atoms with Gasteiger partial charge in [0, 0.05) is 63.9 Å². The van der Waals surface area contributed by atoms with Crippen molar-refractivity contribution in [1.82, 2.24) is 9.80 Å². The van der Waals surface area contributed by atoms with Crippen LogP contribution in [0.25, 0.3) is 0 Å². The fraction of sp³-hybridized carbons (Fsp3) is 0.600. The molecule has 0 aliphatic carbocycles. The van der Waals surface area contributed by atoms with Gasteiger partial charge >= 0.3 is 0 Å². The molecule has 2 fully saturated rings. The van der Waals surface area contributed by atoms with Crippen LogP contribution in [0.4, 0.5) is 5.69 Å². The van der Waals surface area contributed by atoms with Gasteiger partial charge in [-0.25, -0.2) is 0 Å². The highest BCUT2D eigenvalue weighted by atomic mass is 16.5. The van der Waals surface area contributed by atoms with Crippen molar-refractivity contribution < 1.29 is 14.3 Å². The number of carbonyl (C=O) groups excluding carboxylic acids is 2. The highest BCUT2D eigenvalue weighted by molar-refractivity contribution is 5.86. The molecule has 0 radical (unpaired) electrons. The third-order valence-electron chi connectivity index (χ3n) is 5.49. The molecule has 3 rings (SSSR count). The van der Waals surface area contributed by atoms with Crippen LogP contribution in [0.2, 0.25) is 0 Å². The molecular formula is C20H29N3O3. The molecule has 2 saturated heterocycles. The van der Waals surface area contributed by atoms with Crippen molar-refractivity contribution in [3.8, 4) is 5.75 Å². The average molecular weight is 359 g/mol. The fourth-order valence-corrected chi connectivity index (χ4v) is 3.84. The van der Waals surface area contributed by atoms with E-state index in [4.69, 9.17) is 4.74 Å². The molecule has 6 heteroatoms. The number of ether oxygens (including phenoxy) is 1. The summed E-state index contributed by atoms with van der Waals surface area (Å²) >= 11 is 0. The van der Waals surface area contributed by atoms with Crippen LogP contribution in [0, 0.1) is 5.92 Å². The van der Waals surface area contributed by atoms with Crippen LogP contribution in [0.1, 0.15) is 25.7 Å². The van der Waals surface area contributed by atoms with Gasteiger partial charge in [-0.1, -0.05) is 12.5 Å². The first-order chi connectivity index (χ1) is 12.6. The summed E-state index contributed by atoms with van der Waals surface area (Å²) in [5.41, 5.74) is 1.12. The lowest BCUT2D eigenvalue weighted by Crippen LogP contribution is -2.49. The fourth-order valence-electron chi connectivity index (χ4n) is 3.84. The first-order valence-corrected chi connectivity index (χ1v) is 9.50. The molecule has 2 heterocycles. The molecule has 2 amide bonds. The van der Waals surface area contributed by atoms with Crippen LogP contribution in [-0.4, -0.2) is 68.5 Å². The Morgan fingerprint density at radius 3 is 2.65 bits per heavy atom. The molecule has 0 N–H and O–H groups in total. The van der Waals surface area contributed by atoms with Crippen LogP contribution < -0.4 is 9.64 Å². The van der Waals surface area contributed by atoms with Gasteiger partial charge in [-0.15, -0.1) is 0 Å². The smallest absolute Gasteiger partial charge is 0.225 e. The van der Waals surface area contributed by atoms with Gasteiger partial charge in [0.2, 0.25) is 11.8 Å². The molecule has 0 saturated carbocycles. The van der Waals surface area contributed by atoms with Crippen molar-refractivity contribution in [2.24, 2.45) is 5.92 Å². The Kier molecular flexibility index (Phi) is 6.01. The largest absolute Gasteiger partial charge is 0.497 e. The van der Waals surface area contributed by atoms with Crippen molar-refractivity contribution in [3.05, 3.63) is 24.3 Å². The van der Waals surface area contributed by atoms with Crippen LogP contribution in [0.3, 0.4) is 0 Å². The second kappa shape index (κ2) is 8.43. The van der Waals surface area contributed by atoms with Gasteiger partial charge < -0.3 is 19.4 Å². The van der Waals surface area contributed by atoms with Crippen molar-refractivity contribution in [3.63, 3.8) is 0 Å². The number of hydrogen-bond acceptors (Lipinski definition) is 4.